The van der Waals surface area contributed by atoms with Gasteiger partial charge in [-0.2, -0.15) is 13.2 Å². The summed E-state index contributed by atoms with van der Waals surface area (Å²) in [6, 6.07) is 5.20. The topological polar surface area (TPSA) is 110 Å². The lowest BCUT2D eigenvalue weighted by atomic mass is 9.81. The molecule has 0 aliphatic carbocycles. The van der Waals surface area contributed by atoms with Gasteiger partial charge in [0, 0.05) is 11.1 Å². The molecule has 1 aliphatic rings. The van der Waals surface area contributed by atoms with Gasteiger partial charge in [-0.1, -0.05) is 0 Å². The van der Waals surface area contributed by atoms with Gasteiger partial charge in [0.15, 0.2) is 0 Å². The van der Waals surface area contributed by atoms with Gasteiger partial charge in [0.05, 0.1) is 18.8 Å². The number of hydrogen-bond acceptors (Lipinski definition) is 6. The molecule has 2 amide bonds. The Morgan fingerprint density at radius 1 is 1.15 bits per heavy atom. The zero-order valence-corrected chi connectivity index (χ0v) is 21.4. The summed E-state index contributed by atoms with van der Waals surface area (Å²) >= 11 is 0. The number of fused-ring (bicyclic) bond motifs is 1. The number of amides is 2. The lowest BCUT2D eigenvalue weighted by Crippen LogP contribution is -2.52. The zero-order chi connectivity index (χ0) is 29.4. The molecule has 3 N–H and O–H groups in total. The second-order valence-corrected chi connectivity index (χ2v) is 10.2. The summed E-state index contributed by atoms with van der Waals surface area (Å²) in [4.78, 5) is 28.9. The van der Waals surface area contributed by atoms with Gasteiger partial charge < -0.3 is 25.2 Å². The van der Waals surface area contributed by atoms with Crippen LogP contribution >= 0.6 is 0 Å². The third-order valence-electron chi connectivity index (χ3n) is 5.89. The Bertz CT molecular complexity index is 1230. The number of halogens is 6. The molecular formula is C25H27F6N3O5. The first-order valence-corrected chi connectivity index (χ1v) is 11.6. The summed E-state index contributed by atoms with van der Waals surface area (Å²) in [7, 11) is 0. The maximum absolute atomic E-state index is 14.4. The molecule has 2 atom stereocenters. The van der Waals surface area contributed by atoms with Crippen molar-refractivity contribution in [2.75, 3.05) is 19.7 Å². The second kappa shape index (κ2) is 10.5. The number of benzene rings is 1. The van der Waals surface area contributed by atoms with E-state index in [4.69, 9.17) is 9.47 Å². The molecule has 39 heavy (non-hydrogen) atoms. The highest BCUT2D eigenvalue weighted by Gasteiger charge is 2.58. The first kappa shape index (κ1) is 30.0. The molecule has 2 aromatic rings. The minimum atomic E-state index is -5.41. The van der Waals surface area contributed by atoms with Gasteiger partial charge in [0.1, 0.15) is 34.9 Å². The zero-order valence-electron chi connectivity index (χ0n) is 21.4. The van der Waals surface area contributed by atoms with Gasteiger partial charge in [0.25, 0.3) is 6.43 Å². The number of nitrogens with zero attached hydrogens (tertiary/aromatic N) is 1. The first-order valence-electron chi connectivity index (χ1n) is 11.6. The molecule has 2 heterocycles. The van der Waals surface area contributed by atoms with E-state index < -0.39 is 72.4 Å². The molecule has 1 unspecified atom stereocenters. The van der Waals surface area contributed by atoms with Crippen molar-refractivity contribution in [1.82, 2.24) is 15.6 Å². The number of alkyl halides is 5. The fourth-order valence-corrected chi connectivity index (χ4v) is 3.80. The maximum Gasteiger partial charge on any atom is 0.424 e. The number of pyridine rings is 1. The summed E-state index contributed by atoms with van der Waals surface area (Å²) in [6.07, 6.45) is -9.54. The van der Waals surface area contributed by atoms with Crippen molar-refractivity contribution in [1.29, 1.82) is 0 Å². The lowest BCUT2D eigenvalue weighted by molar-refractivity contribution is -0.265. The average Bonchev–Trinajstić information content (AvgIpc) is 3.17. The molecule has 0 radical (unpaired) electrons. The molecule has 0 bridgehead atoms. The van der Waals surface area contributed by atoms with E-state index in [1.165, 1.54) is 39.8 Å². The Labute approximate surface area is 219 Å². The summed E-state index contributed by atoms with van der Waals surface area (Å²) in [5.41, 5.74) is -8.00. The third-order valence-corrected chi connectivity index (χ3v) is 5.89. The van der Waals surface area contributed by atoms with Crippen molar-refractivity contribution in [3.05, 3.63) is 47.4 Å². The molecule has 0 saturated heterocycles. The standard InChI is InChI=1S/C25H27F6N3O5/c1-22(2,3)39-21(36)33-11-24(37,25(29,30)31)16-9-15-19(18(34-16)13-5-7-14(26)8-6-13)38-12-23(15,4)20(35)32-10-17(27)28/h5-9,17,37H,10-12H2,1-4H3,(H,32,35)(H,33,36)/t23-,24?/m0/s1. The van der Waals surface area contributed by atoms with Crippen molar-refractivity contribution in [2.24, 2.45) is 0 Å². The molecule has 0 saturated carbocycles. The van der Waals surface area contributed by atoms with Crippen molar-refractivity contribution >= 4 is 12.0 Å². The summed E-state index contributed by atoms with van der Waals surface area (Å²) in [5.74, 6) is -1.77. The van der Waals surface area contributed by atoms with Crippen molar-refractivity contribution < 1.29 is 50.5 Å². The van der Waals surface area contributed by atoms with E-state index in [1.807, 2.05) is 10.6 Å². The highest BCUT2D eigenvalue weighted by atomic mass is 19.4. The highest BCUT2D eigenvalue weighted by molar-refractivity contribution is 5.91. The third kappa shape index (κ3) is 6.37. The van der Waals surface area contributed by atoms with E-state index >= 15 is 0 Å². The van der Waals surface area contributed by atoms with Gasteiger partial charge >= 0.3 is 12.3 Å². The van der Waals surface area contributed by atoms with Gasteiger partial charge in [-0.25, -0.2) is 22.9 Å². The van der Waals surface area contributed by atoms with Crippen LogP contribution in [0.1, 0.15) is 39.0 Å². The van der Waals surface area contributed by atoms with Gasteiger partial charge in [-0.05, 0) is 58.0 Å². The van der Waals surface area contributed by atoms with Crippen molar-refractivity contribution in [3.63, 3.8) is 0 Å². The molecule has 0 spiro atoms. The summed E-state index contributed by atoms with van der Waals surface area (Å²) < 4.78 is 92.7. The van der Waals surface area contributed by atoms with Gasteiger partial charge in [-0.15, -0.1) is 0 Å². The molecule has 8 nitrogen and oxygen atoms in total. The van der Waals surface area contributed by atoms with Crippen LogP contribution in [0.4, 0.5) is 31.1 Å². The Kier molecular flexibility index (Phi) is 8.11. The van der Waals surface area contributed by atoms with Crippen LogP contribution < -0.4 is 15.4 Å². The lowest BCUT2D eigenvalue weighted by Gasteiger charge is -2.32. The molecule has 3 rings (SSSR count). The molecule has 214 valence electrons. The minimum Gasteiger partial charge on any atom is -0.489 e. The monoisotopic (exact) mass is 563 g/mol. The number of rotatable bonds is 7. The van der Waals surface area contributed by atoms with Crippen molar-refractivity contribution in [2.45, 2.75) is 56.9 Å². The molecule has 14 heteroatoms. The van der Waals surface area contributed by atoms with E-state index in [1.54, 1.807) is 0 Å². The van der Waals surface area contributed by atoms with Crippen molar-refractivity contribution in [3.8, 4) is 17.0 Å². The molecule has 0 fully saturated rings. The number of nitrogens with one attached hydrogen (secondary N) is 2. The SMILES string of the molecule is CC(C)(C)OC(=O)NCC(O)(c1cc2c(c(-c3ccc(F)cc3)n1)OC[C@]2(C)C(=O)NCC(F)F)C(F)(F)F. The Hall–Kier alpha value is -3.55. The largest absolute Gasteiger partial charge is 0.489 e. The smallest absolute Gasteiger partial charge is 0.424 e. The van der Waals surface area contributed by atoms with Gasteiger partial charge in [-0.3, -0.25) is 4.79 Å². The molecule has 1 aromatic carbocycles. The fourth-order valence-electron chi connectivity index (χ4n) is 3.80. The quantitative estimate of drug-likeness (QED) is 0.436. The number of carbonyl (C=O) groups is 2. The maximum atomic E-state index is 14.4. The minimum absolute atomic E-state index is 0.0800. The Balaban J connectivity index is 2.18. The number of alkyl carbamates (subject to hydrolysis) is 1. The Morgan fingerprint density at radius 3 is 2.31 bits per heavy atom. The number of aliphatic hydroxyl groups is 1. The van der Waals surface area contributed by atoms with E-state index in [0.29, 0.717) is 0 Å². The number of aromatic nitrogens is 1. The van der Waals surface area contributed by atoms with Crippen LogP contribution in [0.2, 0.25) is 0 Å². The van der Waals surface area contributed by atoms with Gasteiger partial charge in [0.2, 0.25) is 11.5 Å². The molecular weight excluding hydrogens is 536 g/mol. The fraction of sp³-hybridized carbons (Fsp3) is 0.480. The number of hydrogen-bond donors (Lipinski definition) is 3. The van der Waals surface area contributed by atoms with Crippen LogP contribution in [-0.4, -0.2) is 60.0 Å². The summed E-state index contributed by atoms with van der Waals surface area (Å²) in [6.45, 7) is 2.84. The van der Waals surface area contributed by atoms with E-state index in [-0.39, 0.29) is 22.6 Å². The number of carbonyl (C=O) groups excluding carboxylic acids is 2. The predicted octanol–water partition coefficient (Wildman–Crippen LogP) is 4.19. The normalized spacial score (nSPS) is 18.7. The van der Waals surface area contributed by atoms with Crippen LogP contribution in [0.3, 0.4) is 0 Å². The number of ether oxygens (including phenoxy) is 2. The average molecular weight is 563 g/mol. The highest BCUT2D eigenvalue weighted by Crippen LogP contribution is 2.48. The van der Waals surface area contributed by atoms with Crippen LogP contribution in [0.5, 0.6) is 5.75 Å². The van der Waals surface area contributed by atoms with Crippen LogP contribution in [-0.2, 0) is 20.5 Å². The van der Waals surface area contributed by atoms with E-state index in [9.17, 15) is 41.0 Å². The molecule has 1 aliphatic heterocycles. The summed E-state index contributed by atoms with van der Waals surface area (Å²) in [5, 5.41) is 14.8. The first-order chi connectivity index (χ1) is 17.9. The van der Waals surface area contributed by atoms with E-state index in [0.717, 1.165) is 18.2 Å². The van der Waals surface area contributed by atoms with Crippen LogP contribution in [0, 0.1) is 5.82 Å². The Morgan fingerprint density at radius 2 is 1.77 bits per heavy atom. The van der Waals surface area contributed by atoms with Crippen LogP contribution in [0.25, 0.3) is 11.3 Å². The predicted molar refractivity (Wildman–Crippen MR) is 126 cm³/mol. The van der Waals surface area contributed by atoms with Crippen LogP contribution in [0.15, 0.2) is 30.3 Å². The van der Waals surface area contributed by atoms with E-state index in [2.05, 4.69) is 4.98 Å². The molecule has 1 aromatic heterocycles. The second-order valence-electron chi connectivity index (χ2n) is 10.2.